The van der Waals surface area contributed by atoms with Gasteiger partial charge < -0.3 is 4.57 Å². The van der Waals surface area contributed by atoms with Gasteiger partial charge in [-0.2, -0.15) is 0 Å². The molecule has 1 aromatic rings. The molecule has 0 saturated carbocycles. The molecule has 0 bridgehead atoms. The van der Waals surface area contributed by atoms with Crippen LogP contribution in [0.3, 0.4) is 0 Å². The lowest BCUT2D eigenvalue weighted by Crippen LogP contribution is -1.82. The standard InChI is InChI=1S/C3H4BrN3/c1-7-2-5-6-3(7)4/h2H,1H3/i1D3,2D. The Hall–Kier alpha value is -0.380. The molecular weight excluding hydrogens is 158 g/mol. The molecule has 0 N–H and O–H groups in total. The average Bonchev–Trinajstić information content (AvgIpc) is 2.08. The van der Waals surface area contributed by atoms with E-state index in [1.54, 1.807) is 0 Å². The van der Waals surface area contributed by atoms with Gasteiger partial charge in [-0.3, -0.25) is 0 Å². The fourth-order valence-corrected chi connectivity index (χ4v) is 0.353. The van der Waals surface area contributed by atoms with E-state index in [1.807, 2.05) is 0 Å². The first kappa shape index (κ1) is 1.85. The van der Waals surface area contributed by atoms with E-state index in [0.29, 0.717) is 4.57 Å². The lowest BCUT2D eigenvalue weighted by atomic mass is 11.1. The van der Waals surface area contributed by atoms with Crippen LogP contribution in [0.15, 0.2) is 11.0 Å². The van der Waals surface area contributed by atoms with Gasteiger partial charge in [-0.15, -0.1) is 10.2 Å². The predicted molar refractivity (Wildman–Crippen MR) is 28.7 cm³/mol. The van der Waals surface area contributed by atoms with Crippen LogP contribution >= 0.6 is 15.9 Å². The normalized spacial score (nSPS) is 19.6. The Morgan fingerprint density at radius 3 is 3.43 bits per heavy atom. The molecule has 3 nitrogen and oxygen atoms in total. The van der Waals surface area contributed by atoms with Gasteiger partial charge in [-0.1, -0.05) is 0 Å². The molecule has 0 amide bonds. The molecular formula is C3H4BrN3. The summed E-state index contributed by atoms with van der Waals surface area (Å²) in [6, 6.07) is 0. The molecule has 0 aromatic carbocycles. The van der Waals surface area contributed by atoms with E-state index in [2.05, 4.69) is 26.1 Å². The van der Waals surface area contributed by atoms with Gasteiger partial charge in [-0.05, 0) is 15.9 Å². The fraction of sp³-hybridized carbons (Fsp3) is 0.333. The topological polar surface area (TPSA) is 30.7 Å². The Kier molecular flexibility index (Phi) is 0.428. The van der Waals surface area contributed by atoms with Crippen LogP contribution in [0.1, 0.15) is 5.48 Å². The van der Waals surface area contributed by atoms with E-state index in [0.717, 1.165) is 0 Å². The second-order valence-electron chi connectivity index (χ2n) is 0.904. The molecule has 0 aliphatic rings. The molecule has 4 heteroatoms. The number of nitrogens with zero attached hydrogens (tertiary/aromatic N) is 3. The molecule has 1 heterocycles. The summed E-state index contributed by atoms with van der Waals surface area (Å²) in [4.78, 5) is 0. The number of hydrogen-bond acceptors (Lipinski definition) is 2. The summed E-state index contributed by atoms with van der Waals surface area (Å²) in [6.07, 6.45) is -0.378. The number of rotatable bonds is 0. The first-order chi connectivity index (χ1) is 4.93. The van der Waals surface area contributed by atoms with Crippen LogP contribution in [0, 0.1) is 0 Å². The SMILES string of the molecule is [2H]c1nnc(Br)n1C([2H])([2H])[2H]. The second kappa shape index (κ2) is 1.61. The zero-order valence-corrected chi connectivity index (χ0v) is 4.81. The van der Waals surface area contributed by atoms with E-state index in [-0.39, 0.29) is 11.0 Å². The summed E-state index contributed by atoms with van der Waals surface area (Å²) >= 11 is 2.86. The highest BCUT2D eigenvalue weighted by molar-refractivity contribution is 9.10. The molecule has 0 unspecified atom stereocenters. The van der Waals surface area contributed by atoms with Gasteiger partial charge in [0.1, 0.15) is 7.67 Å². The van der Waals surface area contributed by atoms with Crippen LogP contribution < -0.4 is 0 Å². The Bertz CT molecular complexity index is 247. The molecule has 38 valence electrons. The van der Waals surface area contributed by atoms with E-state index in [9.17, 15) is 0 Å². The zero-order valence-electron chi connectivity index (χ0n) is 7.22. The molecule has 0 atom stereocenters. The van der Waals surface area contributed by atoms with Crippen molar-refractivity contribution >= 4 is 15.9 Å². The molecule has 7 heavy (non-hydrogen) atoms. The van der Waals surface area contributed by atoms with Gasteiger partial charge in [0.25, 0.3) is 0 Å². The molecule has 0 saturated heterocycles. The van der Waals surface area contributed by atoms with E-state index >= 15 is 0 Å². The number of hydrogen-bond donors (Lipinski definition) is 0. The summed E-state index contributed by atoms with van der Waals surface area (Å²) in [7, 11) is 0. The Morgan fingerprint density at radius 2 is 3.14 bits per heavy atom. The van der Waals surface area contributed by atoms with Crippen molar-refractivity contribution in [2.45, 2.75) is 0 Å². The minimum Gasteiger partial charge on any atom is -0.311 e. The Balaban J connectivity index is 3.21. The van der Waals surface area contributed by atoms with Crippen molar-refractivity contribution in [1.29, 1.82) is 0 Å². The maximum Gasteiger partial charge on any atom is 0.199 e. The Morgan fingerprint density at radius 1 is 2.29 bits per heavy atom. The van der Waals surface area contributed by atoms with Gasteiger partial charge in [0.2, 0.25) is 0 Å². The van der Waals surface area contributed by atoms with Gasteiger partial charge >= 0.3 is 0 Å². The van der Waals surface area contributed by atoms with Crippen molar-refractivity contribution in [1.82, 2.24) is 14.8 Å². The highest BCUT2D eigenvalue weighted by Gasteiger charge is 1.88. The lowest BCUT2D eigenvalue weighted by molar-refractivity contribution is 0.880. The van der Waals surface area contributed by atoms with Crippen LogP contribution in [0.2, 0.25) is 0 Å². The summed E-state index contributed by atoms with van der Waals surface area (Å²) in [5.74, 6) is 0. The van der Waals surface area contributed by atoms with Crippen molar-refractivity contribution in [3.05, 3.63) is 11.0 Å². The molecule has 0 aliphatic heterocycles. The molecule has 1 rings (SSSR count). The first-order valence-corrected chi connectivity index (χ1v) is 2.30. The predicted octanol–water partition coefficient (Wildman–Crippen LogP) is 0.578. The average molecular weight is 166 g/mol. The third kappa shape index (κ3) is 0.796. The summed E-state index contributed by atoms with van der Waals surface area (Å²) < 4.78 is 28.6. The zero-order chi connectivity index (χ0) is 8.65. The minimum absolute atomic E-state index is 0.0440. The van der Waals surface area contributed by atoms with Crippen LogP contribution in [0.5, 0.6) is 0 Å². The molecule has 0 spiro atoms. The molecule has 0 fully saturated rings. The second-order valence-corrected chi connectivity index (χ2v) is 1.61. The van der Waals surface area contributed by atoms with Crippen LogP contribution in [0.4, 0.5) is 0 Å². The van der Waals surface area contributed by atoms with E-state index in [1.165, 1.54) is 0 Å². The largest absolute Gasteiger partial charge is 0.311 e. The quantitative estimate of drug-likeness (QED) is 0.564. The van der Waals surface area contributed by atoms with E-state index in [4.69, 9.17) is 5.48 Å². The van der Waals surface area contributed by atoms with Crippen LogP contribution in [-0.2, 0) is 6.98 Å². The molecule has 0 aliphatic carbocycles. The smallest absolute Gasteiger partial charge is 0.199 e. The Labute approximate surface area is 55.1 Å². The summed E-state index contributed by atoms with van der Waals surface area (Å²) in [6.45, 7) is -2.39. The van der Waals surface area contributed by atoms with Crippen molar-refractivity contribution in [2.75, 3.05) is 0 Å². The third-order valence-corrected chi connectivity index (χ3v) is 0.975. The minimum atomic E-state index is -2.39. The van der Waals surface area contributed by atoms with Crippen molar-refractivity contribution < 1.29 is 5.48 Å². The lowest BCUT2D eigenvalue weighted by Gasteiger charge is -1.82. The highest BCUT2D eigenvalue weighted by Crippen LogP contribution is 1.98. The fourth-order valence-electron chi connectivity index (χ4n) is 0.194. The van der Waals surface area contributed by atoms with Crippen LogP contribution in [0.25, 0.3) is 0 Å². The van der Waals surface area contributed by atoms with Crippen molar-refractivity contribution in [2.24, 2.45) is 6.98 Å². The summed E-state index contributed by atoms with van der Waals surface area (Å²) in [5.41, 5.74) is 0. The van der Waals surface area contributed by atoms with E-state index < -0.39 is 6.98 Å². The maximum atomic E-state index is 7.05. The molecule has 0 radical (unpaired) electrons. The van der Waals surface area contributed by atoms with Crippen molar-refractivity contribution in [3.63, 3.8) is 0 Å². The van der Waals surface area contributed by atoms with Gasteiger partial charge in [0, 0.05) is 11.1 Å². The molecule has 1 aromatic heterocycles. The number of aromatic nitrogens is 3. The monoisotopic (exact) mass is 165 g/mol. The van der Waals surface area contributed by atoms with Gasteiger partial charge in [0.15, 0.2) is 4.73 Å². The van der Waals surface area contributed by atoms with Gasteiger partial charge in [0.05, 0.1) is 0 Å². The summed E-state index contributed by atoms with van der Waals surface area (Å²) in [5, 5.41) is 6.62. The van der Waals surface area contributed by atoms with Crippen LogP contribution in [-0.4, -0.2) is 14.8 Å². The maximum absolute atomic E-state index is 7.05. The van der Waals surface area contributed by atoms with Crippen molar-refractivity contribution in [3.8, 4) is 0 Å². The number of halogens is 1. The highest BCUT2D eigenvalue weighted by atomic mass is 79.9. The third-order valence-electron chi connectivity index (χ3n) is 0.462. The van der Waals surface area contributed by atoms with Gasteiger partial charge in [-0.25, -0.2) is 0 Å². The first-order valence-electron chi connectivity index (χ1n) is 3.51.